The number of nitrogens with one attached hydrogen (secondary N) is 1. The second kappa shape index (κ2) is 8.40. The molecule has 3 unspecified atom stereocenters. The van der Waals surface area contributed by atoms with Crippen LogP contribution in [0, 0.1) is 5.92 Å². The van der Waals surface area contributed by atoms with Gasteiger partial charge in [0.15, 0.2) is 0 Å². The maximum atomic E-state index is 6.26. The Morgan fingerprint density at radius 2 is 1.95 bits per heavy atom. The lowest BCUT2D eigenvalue weighted by molar-refractivity contribution is 0.0883. The SMILES string of the molecule is CCC1CCC(NC)C(Oc2ccc(CCOC)cc2)C1. The largest absolute Gasteiger partial charge is 0.489 e. The minimum absolute atomic E-state index is 0.290. The van der Waals surface area contributed by atoms with E-state index in [1.54, 1.807) is 7.11 Å². The van der Waals surface area contributed by atoms with E-state index < -0.39 is 0 Å². The van der Waals surface area contributed by atoms with Crippen LogP contribution in [0.3, 0.4) is 0 Å². The Bertz CT molecular complexity index is 404. The summed E-state index contributed by atoms with van der Waals surface area (Å²) >= 11 is 0. The van der Waals surface area contributed by atoms with E-state index in [0.717, 1.165) is 31.1 Å². The zero-order valence-electron chi connectivity index (χ0n) is 13.6. The maximum Gasteiger partial charge on any atom is 0.119 e. The highest BCUT2D eigenvalue weighted by Gasteiger charge is 2.30. The molecule has 1 N–H and O–H groups in total. The second-order valence-electron chi connectivity index (χ2n) is 6.03. The van der Waals surface area contributed by atoms with Crippen molar-refractivity contribution in [2.24, 2.45) is 5.92 Å². The van der Waals surface area contributed by atoms with Crippen molar-refractivity contribution in [2.45, 2.75) is 51.2 Å². The van der Waals surface area contributed by atoms with Gasteiger partial charge in [0.2, 0.25) is 0 Å². The lowest BCUT2D eigenvalue weighted by Crippen LogP contribution is -2.45. The number of likely N-dealkylation sites (N-methyl/N-ethyl adjacent to an activating group) is 1. The van der Waals surface area contributed by atoms with E-state index in [-0.39, 0.29) is 0 Å². The van der Waals surface area contributed by atoms with Crippen molar-refractivity contribution in [3.8, 4) is 5.75 Å². The van der Waals surface area contributed by atoms with Crippen LogP contribution < -0.4 is 10.1 Å². The molecule has 0 amide bonds. The van der Waals surface area contributed by atoms with Gasteiger partial charge in [-0.15, -0.1) is 0 Å². The lowest BCUT2D eigenvalue weighted by Gasteiger charge is -2.35. The zero-order valence-corrected chi connectivity index (χ0v) is 13.6. The molecule has 0 heterocycles. The molecule has 0 saturated heterocycles. The molecule has 0 aromatic heterocycles. The van der Waals surface area contributed by atoms with Crippen molar-refractivity contribution in [2.75, 3.05) is 20.8 Å². The Hall–Kier alpha value is -1.06. The van der Waals surface area contributed by atoms with E-state index in [1.807, 2.05) is 7.05 Å². The van der Waals surface area contributed by atoms with Gasteiger partial charge in [-0.25, -0.2) is 0 Å². The maximum absolute atomic E-state index is 6.26. The summed E-state index contributed by atoms with van der Waals surface area (Å²) in [5, 5.41) is 3.42. The number of rotatable bonds is 7. The minimum atomic E-state index is 0.290. The van der Waals surface area contributed by atoms with Gasteiger partial charge < -0.3 is 14.8 Å². The van der Waals surface area contributed by atoms with Crippen LogP contribution >= 0.6 is 0 Å². The molecule has 3 atom stereocenters. The first-order chi connectivity index (χ1) is 10.3. The van der Waals surface area contributed by atoms with Crippen LogP contribution in [0.4, 0.5) is 0 Å². The van der Waals surface area contributed by atoms with Crippen LogP contribution in [0.5, 0.6) is 5.75 Å². The van der Waals surface area contributed by atoms with E-state index in [2.05, 4.69) is 36.5 Å². The Kier molecular flexibility index (Phi) is 6.52. The molecule has 0 spiro atoms. The molecule has 21 heavy (non-hydrogen) atoms. The van der Waals surface area contributed by atoms with Gasteiger partial charge in [0.25, 0.3) is 0 Å². The molecule has 3 nitrogen and oxygen atoms in total. The Morgan fingerprint density at radius 3 is 2.57 bits per heavy atom. The lowest BCUT2D eigenvalue weighted by atomic mass is 9.82. The highest BCUT2D eigenvalue weighted by molar-refractivity contribution is 5.27. The molecular formula is C18H29NO2. The predicted molar refractivity (Wildman–Crippen MR) is 86.9 cm³/mol. The summed E-state index contributed by atoms with van der Waals surface area (Å²) in [5.41, 5.74) is 1.30. The average molecular weight is 291 g/mol. The minimum Gasteiger partial charge on any atom is -0.489 e. The van der Waals surface area contributed by atoms with Crippen LogP contribution in [0.2, 0.25) is 0 Å². The van der Waals surface area contributed by atoms with Gasteiger partial charge in [-0.05, 0) is 56.3 Å². The molecule has 1 aromatic rings. The van der Waals surface area contributed by atoms with Crippen LogP contribution in [-0.2, 0) is 11.2 Å². The molecule has 1 aromatic carbocycles. The van der Waals surface area contributed by atoms with E-state index >= 15 is 0 Å². The Morgan fingerprint density at radius 1 is 1.19 bits per heavy atom. The Balaban J connectivity index is 1.94. The van der Waals surface area contributed by atoms with Gasteiger partial charge in [0, 0.05) is 13.2 Å². The molecule has 1 aliphatic rings. The molecule has 0 radical (unpaired) electrons. The summed E-state index contributed by atoms with van der Waals surface area (Å²) in [5.74, 6) is 1.79. The van der Waals surface area contributed by atoms with Crippen molar-refractivity contribution >= 4 is 0 Å². The fourth-order valence-corrected chi connectivity index (χ4v) is 3.17. The quantitative estimate of drug-likeness (QED) is 0.835. The third-order valence-corrected chi connectivity index (χ3v) is 4.65. The number of hydrogen-bond acceptors (Lipinski definition) is 3. The number of methoxy groups -OCH3 is 1. The second-order valence-corrected chi connectivity index (χ2v) is 6.03. The standard InChI is InChI=1S/C18H29NO2/c1-4-14-7-10-17(19-2)18(13-14)21-16-8-5-15(6-9-16)11-12-20-3/h5-6,8-9,14,17-19H,4,7,10-13H2,1-3H3. The van der Waals surface area contributed by atoms with Crippen molar-refractivity contribution in [1.29, 1.82) is 0 Å². The molecular weight excluding hydrogens is 262 g/mol. The molecule has 3 heteroatoms. The fourth-order valence-electron chi connectivity index (χ4n) is 3.17. The highest BCUT2D eigenvalue weighted by atomic mass is 16.5. The van der Waals surface area contributed by atoms with Crippen LogP contribution in [0.25, 0.3) is 0 Å². The van der Waals surface area contributed by atoms with Crippen LogP contribution in [0.1, 0.15) is 38.2 Å². The van der Waals surface area contributed by atoms with Crippen molar-refractivity contribution < 1.29 is 9.47 Å². The average Bonchev–Trinajstić information content (AvgIpc) is 2.54. The summed E-state index contributed by atoms with van der Waals surface area (Å²) in [7, 11) is 3.78. The number of ether oxygens (including phenoxy) is 2. The third-order valence-electron chi connectivity index (χ3n) is 4.65. The third kappa shape index (κ3) is 4.72. The van der Waals surface area contributed by atoms with Crippen LogP contribution in [0.15, 0.2) is 24.3 Å². The number of benzene rings is 1. The smallest absolute Gasteiger partial charge is 0.119 e. The van der Waals surface area contributed by atoms with Crippen LogP contribution in [-0.4, -0.2) is 32.9 Å². The molecule has 1 aliphatic carbocycles. The van der Waals surface area contributed by atoms with Gasteiger partial charge in [-0.3, -0.25) is 0 Å². The molecule has 118 valence electrons. The topological polar surface area (TPSA) is 30.5 Å². The zero-order chi connectivity index (χ0) is 15.1. The van der Waals surface area contributed by atoms with Crippen molar-refractivity contribution in [3.63, 3.8) is 0 Å². The van der Waals surface area contributed by atoms with Gasteiger partial charge in [0.05, 0.1) is 6.61 Å². The molecule has 0 bridgehead atoms. The predicted octanol–water partition coefficient (Wildman–Crippen LogP) is 3.42. The molecule has 1 saturated carbocycles. The summed E-state index contributed by atoms with van der Waals surface area (Å²) in [6, 6.07) is 8.94. The monoisotopic (exact) mass is 291 g/mol. The van der Waals surface area contributed by atoms with E-state index in [9.17, 15) is 0 Å². The summed E-state index contributed by atoms with van der Waals surface area (Å²) in [4.78, 5) is 0. The van der Waals surface area contributed by atoms with E-state index in [0.29, 0.717) is 12.1 Å². The van der Waals surface area contributed by atoms with Gasteiger partial charge >= 0.3 is 0 Å². The first-order valence-corrected chi connectivity index (χ1v) is 8.18. The van der Waals surface area contributed by atoms with Gasteiger partial charge in [-0.2, -0.15) is 0 Å². The Labute approximate surface area is 129 Å². The number of hydrogen-bond donors (Lipinski definition) is 1. The van der Waals surface area contributed by atoms with Gasteiger partial charge in [-0.1, -0.05) is 25.5 Å². The van der Waals surface area contributed by atoms with Gasteiger partial charge in [0.1, 0.15) is 11.9 Å². The fraction of sp³-hybridized carbons (Fsp3) is 0.667. The molecule has 1 fully saturated rings. The first-order valence-electron chi connectivity index (χ1n) is 8.18. The normalized spacial score (nSPS) is 25.8. The molecule has 0 aliphatic heterocycles. The highest BCUT2D eigenvalue weighted by Crippen LogP contribution is 2.30. The van der Waals surface area contributed by atoms with Crippen molar-refractivity contribution in [3.05, 3.63) is 29.8 Å². The summed E-state index contributed by atoms with van der Waals surface area (Å²) in [6.07, 6.45) is 6.19. The summed E-state index contributed by atoms with van der Waals surface area (Å²) < 4.78 is 11.4. The van der Waals surface area contributed by atoms with Crippen molar-refractivity contribution in [1.82, 2.24) is 5.32 Å². The van der Waals surface area contributed by atoms with E-state index in [4.69, 9.17) is 9.47 Å². The van der Waals surface area contributed by atoms with E-state index in [1.165, 1.54) is 24.8 Å². The molecule has 2 rings (SSSR count). The first kappa shape index (κ1) is 16.3. The summed E-state index contributed by atoms with van der Waals surface area (Å²) in [6.45, 7) is 3.05.